The first-order valence-electron chi connectivity index (χ1n) is 7.35. The quantitative estimate of drug-likeness (QED) is 0.851. The van der Waals surface area contributed by atoms with Gasteiger partial charge in [0.15, 0.2) is 6.29 Å². The molecule has 2 aliphatic rings. The second kappa shape index (κ2) is 5.38. The predicted octanol–water partition coefficient (Wildman–Crippen LogP) is 3.28. The molecule has 1 saturated heterocycles. The highest BCUT2D eigenvalue weighted by Gasteiger charge is 2.43. The Morgan fingerprint density at radius 1 is 1.35 bits per heavy atom. The van der Waals surface area contributed by atoms with Gasteiger partial charge >= 0.3 is 0 Å². The maximum atomic E-state index is 11.2. The van der Waals surface area contributed by atoms with Gasteiger partial charge in [-0.2, -0.15) is 0 Å². The van der Waals surface area contributed by atoms with E-state index in [9.17, 15) is 9.90 Å². The molecule has 1 aliphatic heterocycles. The Balaban J connectivity index is 1.88. The summed E-state index contributed by atoms with van der Waals surface area (Å²) >= 11 is 6.29. The Kier molecular flexibility index (Phi) is 3.74. The van der Waals surface area contributed by atoms with Crippen LogP contribution in [0.5, 0.6) is 0 Å². The van der Waals surface area contributed by atoms with Crippen molar-refractivity contribution in [3.8, 4) is 0 Å². The summed E-state index contributed by atoms with van der Waals surface area (Å²) in [6, 6.07) is 5.43. The van der Waals surface area contributed by atoms with Gasteiger partial charge in [0.2, 0.25) is 0 Å². The number of halogens is 1. The molecular formula is C16H20ClNO2. The summed E-state index contributed by atoms with van der Waals surface area (Å²) in [5.41, 5.74) is 0.965. The second-order valence-corrected chi connectivity index (χ2v) is 6.45. The monoisotopic (exact) mass is 293 g/mol. The summed E-state index contributed by atoms with van der Waals surface area (Å²) in [5, 5.41) is 11.3. The summed E-state index contributed by atoms with van der Waals surface area (Å²) in [6.07, 6.45) is 5.91. The number of fused-ring (bicyclic) bond motifs is 1. The highest BCUT2D eigenvalue weighted by Crippen LogP contribution is 2.42. The molecule has 3 nitrogen and oxygen atoms in total. The molecule has 0 spiro atoms. The Hall–Kier alpha value is -1.06. The van der Waals surface area contributed by atoms with Crippen LogP contribution in [0.4, 0.5) is 5.69 Å². The number of hydrogen-bond donors (Lipinski definition) is 1. The Morgan fingerprint density at radius 3 is 3.00 bits per heavy atom. The van der Waals surface area contributed by atoms with E-state index in [-0.39, 0.29) is 0 Å². The van der Waals surface area contributed by atoms with Crippen molar-refractivity contribution >= 4 is 23.6 Å². The zero-order chi connectivity index (χ0) is 14.2. The highest BCUT2D eigenvalue weighted by molar-refractivity contribution is 6.33. The molecule has 1 aromatic carbocycles. The van der Waals surface area contributed by atoms with Crippen LogP contribution in [0.25, 0.3) is 0 Å². The minimum atomic E-state index is -0.503. The zero-order valence-corrected chi connectivity index (χ0v) is 12.3. The van der Waals surface area contributed by atoms with Crippen LogP contribution >= 0.6 is 11.6 Å². The number of benzene rings is 1. The predicted molar refractivity (Wildman–Crippen MR) is 80.6 cm³/mol. The Morgan fingerprint density at radius 2 is 2.20 bits per heavy atom. The van der Waals surface area contributed by atoms with E-state index in [1.165, 1.54) is 6.42 Å². The summed E-state index contributed by atoms with van der Waals surface area (Å²) < 4.78 is 0. The number of nitrogens with zero attached hydrogens (tertiary/aromatic N) is 1. The van der Waals surface area contributed by atoms with Gasteiger partial charge in [0.25, 0.3) is 0 Å². The van der Waals surface area contributed by atoms with E-state index in [0.717, 1.165) is 50.7 Å². The molecule has 1 aliphatic carbocycles. The average Bonchev–Trinajstić information content (AvgIpc) is 2.46. The minimum Gasteiger partial charge on any atom is -0.389 e. The maximum Gasteiger partial charge on any atom is 0.152 e. The van der Waals surface area contributed by atoms with E-state index < -0.39 is 5.60 Å². The minimum absolute atomic E-state index is 0.292. The van der Waals surface area contributed by atoms with Gasteiger partial charge in [0.05, 0.1) is 16.3 Å². The second-order valence-electron chi connectivity index (χ2n) is 6.04. The van der Waals surface area contributed by atoms with Gasteiger partial charge in [0.1, 0.15) is 0 Å². The van der Waals surface area contributed by atoms with Crippen LogP contribution in [0.2, 0.25) is 5.02 Å². The molecule has 2 fully saturated rings. The molecule has 108 valence electrons. The summed E-state index contributed by atoms with van der Waals surface area (Å²) in [6.45, 7) is 1.55. The van der Waals surface area contributed by atoms with Crippen LogP contribution in [0.3, 0.4) is 0 Å². The van der Waals surface area contributed by atoms with Crippen molar-refractivity contribution in [3.05, 3.63) is 28.8 Å². The average molecular weight is 294 g/mol. The first-order chi connectivity index (χ1) is 9.64. The number of hydrogen-bond acceptors (Lipinski definition) is 3. The van der Waals surface area contributed by atoms with E-state index in [1.54, 1.807) is 12.1 Å². The standard InChI is InChI=1S/C16H20ClNO2/c17-14-6-3-4-12(11-19)15(14)18-9-8-16(20)7-2-1-5-13(16)10-18/h3-4,6,11,13,20H,1-2,5,7-10H2. The smallest absolute Gasteiger partial charge is 0.152 e. The van der Waals surface area contributed by atoms with Crippen LogP contribution in [0.15, 0.2) is 18.2 Å². The van der Waals surface area contributed by atoms with Crippen molar-refractivity contribution in [2.45, 2.75) is 37.7 Å². The summed E-state index contributed by atoms with van der Waals surface area (Å²) in [4.78, 5) is 13.4. The van der Waals surface area contributed by atoms with Gasteiger partial charge < -0.3 is 10.0 Å². The molecule has 2 atom stereocenters. The molecule has 2 unspecified atom stereocenters. The fourth-order valence-electron chi connectivity index (χ4n) is 3.73. The van der Waals surface area contributed by atoms with Crippen molar-refractivity contribution < 1.29 is 9.90 Å². The van der Waals surface area contributed by atoms with Gasteiger partial charge in [-0.3, -0.25) is 4.79 Å². The fourth-order valence-corrected chi connectivity index (χ4v) is 4.04. The van der Waals surface area contributed by atoms with Crippen molar-refractivity contribution in [2.24, 2.45) is 5.92 Å². The van der Waals surface area contributed by atoms with Crippen molar-refractivity contribution in [2.75, 3.05) is 18.0 Å². The fraction of sp³-hybridized carbons (Fsp3) is 0.562. The number of piperidine rings is 1. The Bertz CT molecular complexity index is 519. The van der Waals surface area contributed by atoms with Gasteiger partial charge in [-0.25, -0.2) is 0 Å². The van der Waals surface area contributed by atoms with E-state index >= 15 is 0 Å². The molecule has 0 bridgehead atoms. The lowest BCUT2D eigenvalue weighted by Gasteiger charge is -2.48. The third-order valence-electron chi connectivity index (χ3n) is 4.89. The van der Waals surface area contributed by atoms with E-state index in [4.69, 9.17) is 11.6 Å². The molecule has 0 amide bonds. The molecule has 0 radical (unpaired) electrons. The Labute approximate surface area is 124 Å². The molecule has 1 heterocycles. The van der Waals surface area contributed by atoms with Gasteiger partial charge in [-0.1, -0.05) is 30.5 Å². The van der Waals surface area contributed by atoms with Crippen LogP contribution in [0, 0.1) is 5.92 Å². The summed E-state index contributed by atoms with van der Waals surface area (Å²) in [7, 11) is 0. The third-order valence-corrected chi connectivity index (χ3v) is 5.19. The number of carbonyl (C=O) groups excluding carboxylic acids is 1. The number of anilines is 1. The lowest BCUT2D eigenvalue weighted by Crippen LogP contribution is -2.53. The topological polar surface area (TPSA) is 40.5 Å². The normalized spacial score (nSPS) is 29.9. The molecule has 1 saturated carbocycles. The number of rotatable bonds is 2. The molecule has 20 heavy (non-hydrogen) atoms. The van der Waals surface area contributed by atoms with Gasteiger partial charge in [0, 0.05) is 24.6 Å². The number of para-hydroxylation sites is 1. The molecule has 4 heteroatoms. The van der Waals surface area contributed by atoms with Crippen LogP contribution in [0.1, 0.15) is 42.5 Å². The first kappa shape index (κ1) is 13.9. The van der Waals surface area contributed by atoms with E-state index in [1.807, 2.05) is 6.07 Å². The highest BCUT2D eigenvalue weighted by atomic mass is 35.5. The third kappa shape index (κ3) is 2.33. The first-order valence-corrected chi connectivity index (χ1v) is 7.73. The van der Waals surface area contributed by atoms with Crippen molar-refractivity contribution in [1.82, 2.24) is 0 Å². The molecule has 0 aromatic heterocycles. The van der Waals surface area contributed by atoms with Crippen LogP contribution in [-0.4, -0.2) is 30.1 Å². The molecular weight excluding hydrogens is 274 g/mol. The molecule has 1 aromatic rings. The maximum absolute atomic E-state index is 11.2. The lowest BCUT2D eigenvalue weighted by molar-refractivity contribution is -0.0612. The largest absolute Gasteiger partial charge is 0.389 e. The van der Waals surface area contributed by atoms with Crippen molar-refractivity contribution in [1.29, 1.82) is 0 Å². The molecule has 3 rings (SSSR count). The molecule has 1 N–H and O–H groups in total. The lowest BCUT2D eigenvalue weighted by atomic mass is 9.71. The number of aliphatic hydroxyl groups is 1. The van der Waals surface area contributed by atoms with Crippen LogP contribution < -0.4 is 4.90 Å². The van der Waals surface area contributed by atoms with E-state index in [2.05, 4.69) is 4.90 Å². The van der Waals surface area contributed by atoms with Crippen LogP contribution in [-0.2, 0) is 0 Å². The van der Waals surface area contributed by atoms with Gasteiger partial charge in [-0.05, 0) is 31.4 Å². The van der Waals surface area contributed by atoms with E-state index in [0.29, 0.717) is 16.5 Å². The SMILES string of the molecule is O=Cc1cccc(Cl)c1N1CCC2(O)CCCCC2C1. The zero-order valence-electron chi connectivity index (χ0n) is 11.5. The van der Waals surface area contributed by atoms with Crippen molar-refractivity contribution in [3.63, 3.8) is 0 Å². The summed E-state index contributed by atoms with van der Waals surface area (Å²) in [5.74, 6) is 0.292. The van der Waals surface area contributed by atoms with Gasteiger partial charge in [-0.15, -0.1) is 0 Å². The number of aldehydes is 1. The number of carbonyl (C=O) groups is 1.